The molecule has 3 heterocycles. The first-order valence-corrected chi connectivity index (χ1v) is 6.81. The third-order valence-corrected chi connectivity index (χ3v) is 4.08. The third kappa shape index (κ3) is 1.81. The Morgan fingerprint density at radius 3 is 2.94 bits per heavy atom. The van der Waals surface area contributed by atoms with E-state index in [1.807, 2.05) is 29.8 Å². The van der Waals surface area contributed by atoms with E-state index in [-0.39, 0.29) is 6.04 Å². The number of aliphatic imine (C=N–C) groups is 1. The normalized spacial score (nSPS) is 23.4. The van der Waals surface area contributed by atoms with Gasteiger partial charge in [-0.15, -0.1) is 0 Å². The second-order valence-electron chi connectivity index (χ2n) is 4.66. The van der Waals surface area contributed by atoms with E-state index < -0.39 is 0 Å². The Hall–Kier alpha value is -1.42. The fourth-order valence-electron chi connectivity index (χ4n) is 2.26. The fourth-order valence-corrected chi connectivity index (χ4v) is 2.89. The summed E-state index contributed by atoms with van der Waals surface area (Å²) in [7, 11) is 0. The van der Waals surface area contributed by atoms with Crippen LogP contribution in [0.1, 0.15) is 25.6 Å². The Morgan fingerprint density at radius 1 is 1.33 bits per heavy atom. The van der Waals surface area contributed by atoms with Gasteiger partial charge in [-0.3, -0.25) is 4.99 Å². The third-order valence-electron chi connectivity index (χ3n) is 3.27. The highest BCUT2D eigenvalue weighted by molar-refractivity contribution is 9.10. The molecule has 0 aromatic carbocycles. The van der Waals surface area contributed by atoms with E-state index in [9.17, 15) is 0 Å². The molecule has 2 aromatic heterocycles. The molecule has 3 nitrogen and oxygen atoms in total. The van der Waals surface area contributed by atoms with Crippen molar-refractivity contribution >= 4 is 27.2 Å². The first-order chi connectivity index (χ1) is 8.66. The highest BCUT2D eigenvalue weighted by Crippen LogP contribution is 2.35. The van der Waals surface area contributed by atoms with Gasteiger partial charge < -0.3 is 0 Å². The van der Waals surface area contributed by atoms with Gasteiger partial charge in [-0.05, 0) is 41.1 Å². The summed E-state index contributed by atoms with van der Waals surface area (Å²) in [6.45, 7) is 4.20. The van der Waals surface area contributed by atoms with Crippen molar-refractivity contribution in [1.29, 1.82) is 0 Å². The summed E-state index contributed by atoms with van der Waals surface area (Å²) in [5.41, 5.74) is 3.15. The van der Waals surface area contributed by atoms with Gasteiger partial charge in [0, 0.05) is 17.8 Å². The van der Waals surface area contributed by atoms with Gasteiger partial charge in [-0.2, -0.15) is 5.10 Å². The number of hydrogen-bond donors (Lipinski definition) is 0. The smallest absolute Gasteiger partial charge is 0.103 e. The Morgan fingerprint density at radius 2 is 2.17 bits per heavy atom. The minimum atomic E-state index is 0.101. The van der Waals surface area contributed by atoms with Gasteiger partial charge in [0.2, 0.25) is 0 Å². The Balaban J connectivity index is 2.15. The molecule has 0 bridgehead atoms. The molecule has 2 atom stereocenters. The standard InChI is InChI=1S/C14H14BrN3/c1-9-6-7-10(2)16-13(9)14-12(15)11-5-3-4-8-18(11)17-14/h3-9,13H,1-2H3. The molecule has 2 unspecified atom stereocenters. The monoisotopic (exact) mass is 303 g/mol. The molecule has 0 N–H and O–H groups in total. The number of dihydropyridines is 1. The molecule has 1 aliphatic rings. The second kappa shape index (κ2) is 4.35. The molecular formula is C14H14BrN3. The van der Waals surface area contributed by atoms with Crippen LogP contribution < -0.4 is 0 Å². The second-order valence-corrected chi connectivity index (χ2v) is 5.46. The van der Waals surface area contributed by atoms with E-state index in [0.717, 1.165) is 21.4 Å². The SMILES string of the molecule is CC1=NC(c2nn3ccccc3c2Br)C(C)C=C1. The predicted molar refractivity (Wildman–Crippen MR) is 77.0 cm³/mol. The van der Waals surface area contributed by atoms with Crippen LogP contribution in [0.5, 0.6) is 0 Å². The lowest BCUT2D eigenvalue weighted by Crippen LogP contribution is -2.12. The highest BCUT2D eigenvalue weighted by Gasteiger charge is 2.25. The maximum absolute atomic E-state index is 4.71. The molecule has 4 heteroatoms. The molecule has 92 valence electrons. The van der Waals surface area contributed by atoms with Crippen LogP contribution in [0.15, 0.2) is 46.0 Å². The van der Waals surface area contributed by atoms with Crippen LogP contribution in [0, 0.1) is 5.92 Å². The molecular weight excluding hydrogens is 290 g/mol. The molecule has 3 rings (SSSR count). The summed E-state index contributed by atoms with van der Waals surface area (Å²) in [6, 6.07) is 6.16. The van der Waals surface area contributed by atoms with Crippen LogP contribution in [-0.4, -0.2) is 15.3 Å². The Kier molecular flexibility index (Phi) is 2.82. The highest BCUT2D eigenvalue weighted by atomic mass is 79.9. The zero-order valence-electron chi connectivity index (χ0n) is 10.3. The number of fused-ring (bicyclic) bond motifs is 1. The number of allylic oxidation sites excluding steroid dienone is 1. The molecule has 1 aliphatic heterocycles. The maximum atomic E-state index is 4.71. The number of pyridine rings is 1. The fraction of sp³-hybridized carbons (Fsp3) is 0.286. The van der Waals surface area contributed by atoms with Crippen LogP contribution in [0.25, 0.3) is 5.52 Å². The van der Waals surface area contributed by atoms with Gasteiger partial charge in [-0.1, -0.05) is 19.1 Å². The van der Waals surface area contributed by atoms with E-state index in [2.05, 4.69) is 46.2 Å². The zero-order chi connectivity index (χ0) is 12.7. The van der Waals surface area contributed by atoms with Crippen molar-refractivity contribution in [2.75, 3.05) is 0 Å². The molecule has 0 fully saturated rings. The van der Waals surface area contributed by atoms with Gasteiger partial charge in [0.1, 0.15) is 11.7 Å². The lowest BCUT2D eigenvalue weighted by molar-refractivity contribution is 0.544. The average molecular weight is 304 g/mol. The summed E-state index contributed by atoms with van der Waals surface area (Å²) in [4.78, 5) is 4.71. The topological polar surface area (TPSA) is 29.7 Å². The zero-order valence-corrected chi connectivity index (χ0v) is 11.9. The lowest BCUT2D eigenvalue weighted by atomic mass is 9.96. The van der Waals surface area contributed by atoms with E-state index in [4.69, 9.17) is 4.99 Å². The van der Waals surface area contributed by atoms with Crippen LogP contribution >= 0.6 is 15.9 Å². The lowest BCUT2D eigenvalue weighted by Gasteiger charge is -2.20. The van der Waals surface area contributed by atoms with E-state index in [1.165, 1.54) is 0 Å². The molecule has 2 aromatic rings. The van der Waals surface area contributed by atoms with E-state index in [1.54, 1.807) is 0 Å². The van der Waals surface area contributed by atoms with E-state index in [0.29, 0.717) is 5.92 Å². The van der Waals surface area contributed by atoms with Crippen molar-refractivity contribution in [2.24, 2.45) is 10.9 Å². The van der Waals surface area contributed by atoms with Crippen molar-refractivity contribution in [3.63, 3.8) is 0 Å². The number of rotatable bonds is 1. The first kappa shape index (κ1) is 11.7. The van der Waals surface area contributed by atoms with Gasteiger partial charge in [0.05, 0.1) is 9.99 Å². The van der Waals surface area contributed by atoms with E-state index >= 15 is 0 Å². The molecule has 0 aliphatic carbocycles. The van der Waals surface area contributed by atoms with Gasteiger partial charge in [0.15, 0.2) is 0 Å². The molecule has 0 radical (unpaired) electrons. The molecule has 0 amide bonds. The van der Waals surface area contributed by atoms with Crippen LogP contribution in [-0.2, 0) is 0 Å². The van der Waals surface area contributed by atoms with Crippen LogP contribution in [0.4, 0.5) is 0 Å². The van der Waals surface area contributed by atoms with Crippen LogP contribution in [0.2, 0.25) is 0 Å². The summed E-state index contributed by atoms with van der Waals surface area (Å²) >= 11 is 3.66. The Labute approximate surface area is 114 Å². The van der Waals surface area contributed by atoms with Crippen molar-refractivity contribution in [2.45, 2.75) is 19.9 Å². The largest absolute Gasteiger partial charge is 0.280 e. The number of nitrogens with zero attached hydrogens (tertiary/aromatic N) is 3. The Bertz CT molecular complexity index is 654. The van der Waals surface area contributed by atoms with Crippen molar-refractivity contribution < 1.29 is 0 Å². The number of hydrogen-bond acceptors (Lipinski definition) is 2. The summed E-state index contributed by atoms with van der Waals surface area (Å²) in [6.07, 6.45) is 6.23. The number of halogens is 1. The molecule has 0 saturated heterocycles. The maximum Gasteiger partial charge on any atom is 0.103 e. The van der Waals surface area contributed by atoms with Gasteiger partial charge in [-0.25, -0.2) is 4.52 Å². The van der Waals surface area contributed by atoms with Gasteiger partial charge in [0.25, 0.3) is 0 Å². The van der Waals surface area contributed by atoms with Gasteiger partial charge >= 0.3 is 0 Å². The predicted octanol–water partition coefficient (Wildman–Crippen LogP) is 3.80. The van der Waals surface area contributed by atoms with Crippen LogP contribution in [0.3, 0.4) is 0 Å². The summed E-state index contributed by atoms with van der Waals surface area (Å²) in [5.74, 6) is 0.370. The molecule has 18 heavy (non-hydrogen) atoms. The minimum Gasteiger partial charge on any atom is -0.280 e. The number of aromatic nitrogens is 2. The quantitative estimate of drug-likeness (QED) is 0.788. The molecule has 0 saturated carbocycles. The first-order valence-electron chi connectivity index (χ1n) is 6.02. The van der Waals surface area contributed by atoms with Crippen molar-refractivity contribution in [3.8, 4) is 0 Å². The minimum absolute atomic E-state index is 0.101. The average Bonchev–Trinajstić information content (AvgIpc) is 2.71. The van der Waals surface area contributed by atoms with Crippen molar-refractivity contribution in [1.82, 2.24) is 9.61 Å². The molecule has 0 spiro atoms. The van der Waals surface area contributed by atoms with Crippen molar-refractivity contribution in [3.05, 3.63) is 46.7 Å². The summed E-state index contributed by atoms with van der Waals surface area (Å²) in [5, 5.41) is 4.65. The summed E-state index contributed by atoms with van der Waals surface area (Å²) < 4.78 is 2.95.